The van der Waals surface area contributed by atoms with Gasteiger partial charge < -0.3 is 10.6 Å². The van der Waals surface area contributed by atoms with Crippen LogP contribution in [0, 0.1) is 0 Å². The molecule has 1 aromatic carbocycles. The van der Waals surface area contributed by atoms with Crippen molar-refractivity contribution in [1.82, 2.24) is 10.6 Å². The molecule has 120 valence electrons. The Hall–Kier alpha value is -1.68. The summed E-state index contributed by atoms with van der Waals surface area (Å²) >= 11 is 0. The summed E-state index contributed by atoms with van der Waals surface area (Å²) in [5.74, 6) is 0.0170. The van der Waals surface area contributed by atoms with Crippen LogP contribution in [0.5, 0.6) is 0 Å². The summed E-state index contributed by atoms with van der Waals surface area (Å²) in [5.41, 5.74) is 1.97. The Bertz CT molecular complexity index is 490. The van der Waals surface area contributed by atoms with Crippen molar-refractivity contribution in [2.24, 2.45) is 0 Å². The molecule has 1 aliphatic heterocycles. The molecule has 4 nitrogen and oxygen atoms in total. The highest BCUT2D eigenvalue weighted by Crippen LogP contribution is 2.11. The minimum absolute atomic E-state index is 0.0263. The number of hydrogen-bond donors (Lipinski definition) is 2. The van der Waals surface area contributed by atoms with Crippen molar-refractivity contribution < 1.29 is 9.59 Å². The van der Waals surface area contributed by atoms with Gasteiger partial charge >= 0.3 is 0 Å². The van der Waals surface area contributed by atoms with Crippen LogP contribution in [0.4, 0.5) is 0 Å². The van der Waals surface area contributed by atoms with Gasteiger partial charge in [0.2, 0.25) is 5.91 Å². The van der Waals surface area contributed by atoms with Crippen LogP contribution in [-0.2, 0) is 11.2 Å². The first kappa shape index (κ1) is 16.7. The van der Waals surface area contributed by atoms with Crippen molar-refractivity contribution in [2.75, 3.05) is 13.1 Å². The van der Waals surface area contributed by atoms with Gasteiger partial charge in [-0.2, -0.15) is 0 Å². The highest BCUT2D eigenvalue weighted by atomic mass is 16.2. The molecule has 22 heavy (non-hydrogen) atoms. The minimum atomic E-state index is -0.0263. The highest BCUT2D eigenvalue weighted by molar-refractivity contribution is 5.98. The van der Waals surface area contributed by atoms with Crippen LogP contribution in [0.25, 0.3) is 0 Å². The third kappa shape index (κ3) is 5.26. The maximum atomic E-state index is 12.1. The van der Waals surface area contributed by atoms with Crippen molar-refractivity contribution in [3.05, 3.63) is 35.4 Å². The zero-order valence-electron chi connectivity index (χ0n) is 13.4. The van der Waals surface area contributed by atoms with E-state index in [1.54, 1.807) is 0 Å². The van der Waals surface area contributed by atoms with Crippen LogP contribution >= 0.6 is 0 Å². The Morgan fingerprint density at radius 3 is 2.64 bits per heavy atom. The molecular formula is C18H26N2O2. The maximum Gasteiger partial charge on any atom is 0.220 e. The molecule has 4 heteroatoms. The molecule has 1 aliphatic rings. The second-order valence-corrected chi connectivity index (χ2v) is 5.98. The molecule has 1 aromatic rings. The number of nitrogens with one attached hydrogen (secondary N) is 2. The smallest absolute Gasteiger partial charge is 0.220 e. The number of carbonyl (C=O) groups is 2. The summed E-state index contributed by atoms with van der Waals surface area (Å²) < 4.78 is 0. The van der Waals surface area contributed by atoms with Gasteiger partial charge in [0, 0.05) is 31.0 Å². The third-order valence-corrected chi connectivity index (χ3v) is 4.10. The van der Waals surface area contributed by atoms with E-state index in [4.69, 9.17) is 0 Å². The SMILES string of the molecule is CCCCc1ccc(C(=O)CCC(=O)NC2CCNC2)cc1. The molecule has 1 amide bonds. The molecule has 0 spiro atoms. The predicted molar refractivity (Wildman–Crippen MR) is 88.0 cm³/mol. The van der Waals surface area contributed by atoms with Gasteiger partial charge in [-0.05, 0) is 31.4 Å². The van der Waals surface area contributed by atoms with E-state index in [9.17, 15) is 9.59 Å². The average Bonchev–Trinajstić information content (AvgIpc) is 3.04. The van der Waals surface area contributed by atoms with E-state index in [0.717, 1.165) is 25.9 Å². The van der Waals surface area contributed by atoms with Crippen LogP contribution in [0.1, 0.15) is 54.9 Å². The first-order chi connectivity index (χ1) is 10.7. The van der Waals surface area contributed by atoms with E-state index in [1.807, 2.05) is 24.3 Å². The van der Waals surface area contributed by atoms with E-state index in [-0.39, 0.29) is 30.6 Å². The number of hydrogen-bond acceptors (Lipinski definition) is 3. The van der Waals surface area contributed by atoms with Gasteiger partial charge in [0.1, 0.15) is 0 Å². The number of ketones is 1. The first-order valence-electron chi connectivity index (χ1n) is 8.31. The molecule has 2 N–H and O–H groups in total. The fourth-order valence-electron chi connectivity index (χ4n) is 2.69. The van der Waals surface area contributed by atoms with Crippen molar-refractivity contribution in [3.8, 4) is 0 Å². The Morgan fingerprint density at radius 2 is 2.00 bits per heavy atom. The Balaban J connectivity index is 1.75. The lowest BCUT2D eigenvalue weighted by molar-refractivity contribution is -0.121. The number of benzene rings is 1. The summed E-state index contributed by atoms with van der Waals surface area (Å²) in [6, 6.07) is 8.03. The minimum Gasteiger partial charge on any atom is -0.352 e. The van der Waals surface area contributed by atoms with E-state index >= 15 is 0 Å². The molecule has 0 aliphatic carbocycles. The molecule has 0 bridgehead atoms. The van der Waals surface area contributed by atoms with E-state index in [2.05, 4.69) is 17.6 Å². The fraction of sp³-hybridized carbons (Fsp3) is 0.556. The summed E-state index contributed by atoms with van der Waals surface area (Å²) in [6.07, 6.45) is 4.92. The number of rotatable bonds is 8. The normalized spacial score (nSPS) is 17.4. The zero-order valence-corrected chi connectivity index (χ0v) is 13.4. The van der Waals surface area contributed by atoms with Gasteiger partial charge in [-0.15, -0.1) is 0 Å². The second kappa shape index (κ2) is 8.69. The van der Waals surface area contributed by atoms with E-state index < -0.39 is 0 Å². The number of aryl methyl sites for hydroxylation is 1. The van der Waals surface area contributed by atoms with Crippen molar-refractivity contribution in [3.63, 3.8) is 0 Å². The highest BCUT2D eigenvalue weighted by Gasteiger charge is 2.17. The van der Waals surface area contributed by atoms with Crippen LogP contribution in [0.2, 0.25) is 0 Å². The molecule has 0 radical (unpaired) electrons. The number of unbranched alkanes of at least 4 members (excludes halogenated alkanes) is 1. The van der Waals surface area contributed by atoms with Crippen molar-refractivity contribution in [2.45, 2.75) is 51.5 Å². The molecule has 1 atom stereocenters. The van der Waals surface area contributed by atoms with Crippen LogP contribution in [0.3, 0.4) is 0 Å². The number of carbonyl (C=O) groups excluding carboxylic acids is 2. The van der Waals surface area contributed by atoms with Gasteiger partial charge in [-0.1, -0.05) is 37.6 Å². The average molecular weight is 302 g/mol. The number of amides is 1. The Kier molecular flexibility index (Phi) is 6.59. The molecule has 1 heterocycles. The fourth-order valence-corrected chi connectivity index (χ4v) is 2.69. The topological polar surface area (TPSA) is 58.2 Å². The molecule has 1 saturated heterocycles. The summed E-state index contributed by atoms with van der Waals surface area (Å²) in [5, 5.41) is 6.17. The molecular weight excluding hydrogens is 276 g/mol. The summed E-state index contributed by atoms with van der Waals surface area (Å²) in [7, 11) is 0. The van der Waals surface area contributed by atoms with Gasteiger partial charge in [0.25, 0.3) is 0 Å². The standard InChI is InChI=1S/C18H26N2O2/c1-2-3-4-14-5-7-15(8-6-14)17(21)9-10-18(22)20-16-11-12-19-13-16/h5-8,16,19H,2-4,9-13H2,1H3,(H,20,22). The van der Waals surface area contributed by atoms with Gasteiger partial charge in [0.05, 0.1) is 0 Å². The van der Waals surface area contributed by atoms with E-state index in [1.165, 1.54) is 18.4 Å². The lowest BCUT2D eigenvalue weighted by Gasteiger charge is -2.10. The van der Waals surface area contributed by atoms with Crippen molar-refractivity contribution in [1.29, 1.82) is 0 Å². The second-order valence-electron chi connectivity index (χ2n) is 5.98. The van der Waals surface area contributed by atoms with Crippen LogP contribution in [0.15, 0.2) is 24.3 Å². The largest absolute Gasteiger partial charge is 0.352 e. The quantitative estimate of drug-likeness (QED) is 0.725. The van der Waals surface area contributed by atoms with Gasteiger partial charge in [-0.3, -0.25) is 9.59 Å². The molecule has 0 aromatic heterocycles. The Morgan fingerprint density at radius 1 is 1.23 bits per heavy atom. The van der Waals surface area contributed by atoms with Gasteiger partial charge in [-0.25, -0.2) is 0 Å². The predicted octanol–water partition coefficient (Wildman–Crippen LogP) is 2.47. The van der Waals surface area contributed by atoms with Gasteiger partial charge in [0.15, 0.2) is 5.78 Å². The third-order valence-electron chi connectivity index (χ3n) is 4.10. The summed E-state index contributed by atoms with van der Waals surface area (Å²) in [4.78, 5) is 23.9. The van der Waals surface area contributed by atoms with E-state index in [0.29, 0.717) is 5.56 Å². The van der Waals surface area contributed by atoms with Crippen LogP contribution in [-0.4, -0.2) is 30.8 Å². The Labute approximate surface area is 132 Å². The molecule has 1 fully saturated rings. The van der Waals surface area contributed by atoms with Crippen molar-refractivity contribution >= 4 is 11.7 Å². The van der Waals surface area contributed by atoms with Crippen LogP contribution < -0.4 is 10.6 Å². The molecule has 1 unspecified atom stereocenters. The first-order valence-corrected chi connectivity index (χ1v) is 8.31. The summed E-state index contributed by atoms with van der Waals surface area (Å²) in [6.45, 7) is 3.96. The maximum absolute atomic E-state index is 12.1. The monoisotopic (exact) mass is 302 g/mol. The lowest BCUT2D eigenvalue weighted by Crippen LogP contribution is -2.36. The zero-order chi connectivity index (χ0) is 15.8. The molecule has 2 rings (SSSR count). The lowest BCUT2D eigenvalue weighted by atomic mass is 10.0. The number of Topliss-reactive ketones (excluding diaryl/α,β-unsaturated/α-hetero) is 1. The molecule has 0 saturated carbocycles.